The van der Waals surface area contributed by atoms with Crippen LogP contribution in [0.2, 0.25) is 0 Å². The number of aliphatic carboxylic acids is 1. The van der Waals surface area contributed by atoms with Gasteiger partial charge in [0.05, 0.1) is 18.4 Å². The second-order valence-corrected chi connectivity index (χ2v) is 7.75. The normalized spacial score (nSPS) is 25.6. The predicted octanol–water partition coefficient (Wildman–Crippen LogP) is 1.76. The lowest BCUT2D eigenvalue weighted by molar-refractivity contribution is -0.154. The fourth-order valence-corrected chi connectivity index (χ4v) is 3.90. The van der Waals surface area contributed by atoms with Crippen molar-refractivity contribution in [3.8, 4) is 5.75 Å². The quantitative estimate of drug-likeness (QED) is 0.849. The molecule has 2 aliphatic heterocycles. The Morgan fingerprint density at radius 2 is 2.00 bits per heavy atom. The molecule has 27 heavy (non-hydrogen) atoms. The number of nitrogens with zero attached hydrogens (tertiary/aromatic N) is 2. The molecule has 7 nitrogen and oxygen atoms in total. The Morgan fingerprint density at radius 1 is 1.30 bits per heavy atom. The molecule has 0 saturated carbocycles. The predicted molar refractivity (Wildman–Crippen MR) is 98.1 cm³/mol. The second-order valence-electron chi connectivity index (χ2n) is 7.75. The van der Waals surface area contributed by atoms with Crippen LogP contribution in [0.15, 0.2) is 24.3 Å². The molecule has 2 amide bonds. The van der Waals surface area contributed by atoms with Crippen molar-refractivity contribution in [2.75, 3.05) is 26.7 Å². The van der Waals surface area contributed by atoms with Crippen molar-refractivity contribution in [1.82, 2.24) is 9.80 Å². The van der Waals surface area contributed by atoms with E-state index in [4.69, 9.17) is 4.74 Å². The topological polar surface area (TPSA) is 87.2 Å². The van der Waals surface area contributed by atoms with Crippen molar-refractivity contribution in [3.63, 3.8) is 0 Å². The van der Waals surface area contributed by atoms with Gasteiger partial charge in [0.2, 0.25) is 11.8 Å². The number of carbonyl (C=O) groups excluding carboxylic acids is 2. The number of amides is 2. The third kappa shape index (κ3) is 4.07. The summed E-state index contributed by atoms with van der Waals surface area (Å²) < 4.78 is 5.14. The fraction of sp³-hybridized carbons (Fsp3) is 0.550. The van der Waals surface area contributed by atoms with Gasteiger partial charge < -0.3 is 19.6 Å². The summed E-state index contributed by atoms with van der Waals surface area (Å²) in [5.74, 6) is -0.656. The lowest BCUT2D eigenvalue weighted by Crippen LogP contribution is -2.50. The third-order valence-electron chi connectivity index (χ3n) is 5.62. The van der Waals surface area contributed by atoms with Crippen molar-refractivity contribution in [2.24, 2.45) is 11.3 Å². The molecule has 2 atom stereocenters. The number of likely N-dealkylation sites (tertiary alicyclic amines) is 2. The number of rotatable bonds is 5. The van der Waals surface area contributed by atoms with Gasteiger partial charge in [-0.1, -0.05) is 12.1 Å². The van der Waals surface area contributed by atoms with E-state index in [0.717, 1.165) is 11.3 Å². The van der Waals surface area contributed by atoms with Crippen LogP contribution in [0, 0.1) is 11.3 Å². The monoisotopic (exact) mass is 374 g/mol. The maximum atomic E-state index is 12.9. The minimum absolute atomic E-state index is 0.0397. The summed E-state index contributed by atoms with van der Waals surface area (Å²) >= 11 is 0. The SMILES string of the molecule is COc1ccc(CN2CC(C(=O)N3CCCC(C)(C(=O)O)C3)CC2=O)cc1. The van der Waals surface area contributed by atoms with Gasteiger partial charge in [-0.3, -0.25) is 14.4 Å². The van der Waals surface area contributed by atoms with E-state index in [1.54, 1.807) is 23.8 Å². The third-order valence-corrected chi connectivity index (χ3v) is 5.62. The first-order valence-corrected chi connectivity index (χ1v) is 9.25. The summed E-state index contributed by atoms with van der Waals surface area (Å²) in [7, 11) is 1.60. The molecule has 2 fully saturated rings. The van der Waals surface area contributed by atoms with Gasteiger partial charge in [-0.15, -0.1) is 0 Å². The van der Waals surface area contributed by atoms with E-state index in [9.17, 15) is 19.5 Å². The van der Waals surface area contributed by atoms with Gasteiger partial charge in [0.15, 0.2) is 0 Å². The van der Waals surface area contributed by atoms with E-state index in [1.165, 1.54) is 0 Å². The molecule has 3 rings (SSSR count). The van der Waals surface area contributed by atoms with E-state index in [0.29, 0.717) is 32.5 Å². The summed E-state index contributed by atoms with van der Waals surface area (Å²) in [5.41, 5.74) is 0.0768. The molecule has 2 saturated heterocycles. The fourth-order valence-electron chi connectivity index (χ4n) is 3.90. The van der Waals surface area contributed by atoms with Gasteiger partial charge in [-0.05, 0) is 37.5 Å². The number of ether oxygens (including phenoxy) is 1. The van der Waals surface area contributed by atoms with Crippen LogP contribution in [0.3, 0.4) is 0 Å². The highest BCUT2D eigenvalue weighted by atomic mass is 16.5. The Labute approximate surface area is 158 Å². The summed E-state index contributed by atoms with van der Waals surface area (Å²) in [4.78, 5) is 40.1. The van der Waals surface area contributed by atoms with E-state index in [2.05, 4.69) is 0 Å². The number of carbonyl (C=O) groups is 3. The van der Waals surface area contributed by atoms with Gasteiger partial charge in [0.1, 0.15) is 5.75 Å². The molecular formula is C20H26N2O5. The Morgan fingerprint density at radius 3 is 2.63 bits per heavy atom. The highest BCUT2D eigenvalue weighted by Gasteiger charge is 2.43. The van der Waals surface area contributed by atoms with Crippen LogP contribution in [0.1, 0.15) is 31.7 Å². The van der Waals surface area contributed by atoms with Gasteiger partial charge in [0.25, 0.3) is 0 Å². The molecule has 0 bridgehead atoms. The Bertz CT molecular complexity index is 732. The minimum atomic E-state index is -0.903. The molecule has 1 aromatic rings. The maximum absolute atomic E-state index is 12.9. The molecule has 0 aromatic heterocycles. The zero-order valence-electron chi connectivity index (χ0n) is 15.8. The molecule has 0 aliphatic carbocycles. The molecule has 2 unspecified atom stereocenters. The first-order valence-electron chi connectivity index (χ1n) is 9.25. The highest BCUT2D eigenvalue weighted by molar-refractivity contribution is 5.89. The van der Waals surface area contributed by atoms with Crippen LogP contribution in [-0.4, -0.2) is 59.4 Å². The molecule has 7 heteroatoms. The number of benzene rings is 1. The van der Waals surface area contributed by atoms with E-state index < -0.39 is 17.3 Å². The molecule has 0 spiro atoms. The molecule has 1 N–H and O–H groups in total. The van der Waals surface area contributed by atoms with Crippen molar-refractivity contribution in [1.29, 1.82) is 0 Å². The van der Waals surface area contributed by atoms with Crippen LogP contribution in [0.25, 0.3) is 0 Å². The van der Waals surface area contributed by atoms with Crippen LogP contribution < -0.4 is 4.74 Å². The molecule has 1 aromatic carbocycles. The maximum Gasteiger partial charge on any atom is 0.311 e. The lowest BCUT2D eigenvalue weighted by atomic mass is 9.81. The standard InChI is InChI=1S/C20H26N2O5/c1-20(19(25)26)8-3-9-21(13-20)18(24)15-10-17(23)22(12-15)11-14-4-6-16(27-2)7-5-14/h4-7,15H,3,8-13H2,1-2H3,(H,25,26). The summed E-state index contributed by atoms with van der Waals surface area (Å²) in [6.45, 7) is 3.29. The zero-order chi connectivity index (χ0) is 19.6. The number of carboxylic acid groups (broad SMARTS) is 1. The van der Waals surface area contributed by atoms with E-state index >= 15 is 0 Å². The Balaban J connectivity index is 1.62. The zero-order valence-corrected chi connectivity index (χ0v) is 15.8. The van der Waals surface area contributed by atoms with Crippen LogP contribution >= 0.6 is 0 Å². The number of hydrogen-bond donors (Lipinski definition) is 1. The summed E-state index contributed by atoms with van der Waals surface area (Å²) in [5, 5.41) is 9.44. The number of methoxy groups -OCH3 is 1. The number of piperidine rings is 1. The van der Waals surface area contributed by atoms with E-state index in [-0.39, 0.29) is 24.8 Å². The van der Waals surface area contributed by atoms with Crippen molar-refractivity contribution < 1.29 is 24.2 Å². The van der Waals surface area contributed by atoms with Gasteiger partial charge in [-0.25, -0.2) is 0 Å². The summed E-state index contributed by atoms with van der Waals surface area (Å²) in [6.07, 6.45) is 1.43. The van der Waals surface area contributed by atoms with Crippen LogP contribution in [0.5, 0.6) is 5.75 Å². The molecule has 0 radical (unpaired) electrons. The number of hydrogen-bond acceptors (Lipinski definition) is 4. The van der Waals surface area contributed by atoms with Gasteiger partial charge in [-0.2, -0.15) is 0 Å². The Kier molecular flexibility index (Phi) is 5.39. The Hall–Kier alpha value is -2.57. The van der Waals surface area contributed by atoms with Gasteiger partial charge in [0, 0.05) is 32.6 Å². The van der Waals surface area contributed by atoms with E-state index in [1.807, 2.05) is 24.3 Å². The largest absolute Gasteiger partial charge is 0.497 e. The molecule has 2 heterocycles. The lowest BCUT2D eigenvalue weighted by Gasteiger charge is -2.38. The molecular weight excluding hydrogens is 348 g/mol. The minimum Gasteiger partial charge on any atom is -0.497 e. The highest BCUT2D eigenvalue weighted by Crippen LogP contribution is 2.32. The first-order chi connectivity index (χ1) is 12.8. The van der Waals surface area contributed by atoms with Gasteiger partial charge >= 0.3 is 5.97 Å². The average Bonchev–Trinajstić information content (AvgIpc) is 3.02. The second kappa shape index (κ2) is 7.58. The summed E-state index contributed by atoms with van der Waals surface area (Å²) in [6, 6.07) is 7.51. The first kappa shape index (κ1) is 19.2. The van der Waals surface area contributed by atoms with Crippen molar-refractivity contribution >= 4 is 17.8 Å². The van der Waals surface area contributed by atoms with Crippen molar-refractivity contribution in [3.05, 3.63) is 29.8 Å². The average molecular weight is 374 g/mol. The number of carboxylic acids is 1. The molecule has 146 valence electrons. The smallest absolute Gasteiger partial charge is 0.311 e. The van der Waals surface area contributed by atoms with Crippen LogP contribution in [-0.2, 0) is 20.9 Å². The van der Waals surface area contributed by atoms with Crippen molar-refractivity contribution in [2.45, 2.75) is 32.7 Å². The van der Waals surface area contributed by atoms with Crippen LogP contribution in [0.4, 0.5) is 0 Å². The molecule has 2 aliphatic rings.